The van der Waals surface area contributed by atoms with Crippen LogP contribution in [0.15, 0.2) is 0 Å². The Morgan fingerprint density at radius 3 is 2.58 bits per heavy atom. The fraction of sp³-hybridized carbons (Fsp3) is 1.00. The zero-order valence-corrected chi connectivity index (χ0v) is 7.65. The molecule has 0 saturated carbocycles. The van der Waals surface area contributed by atoms with E-state index in [1.165, 1.54) is 0 Å². The molecule has 0 aliphatic heterocycles. The summed E-state index contributed by atoms with van der Waals surface area (Å²) in [6.07, 6.45) is -1.37. The summed E-state index contributed by atoms with van der Waals surface area (Å²) in [5, 5.41) is 2.67. The van der Waals surface area contributed by atoms with Crippen molar-refractivity contribution in [2.45, 2.75) is 19.8 Å². The van der Waals surface area contributed by atoms with Crippen LogP contribution in [0.4, 0.5) is 8.78 Å². The van der Waals surface area contributed by atoms with Gasteiger partial charge in [-0.05, 0) is 18.9 Å². The SMILES string of the molecule is COCC(C)CCNCC(F)F. The van der Waals surface area contributed by atoms with Gasteiger partial charge in [-0.2, -0.15) is 0 Å². The van der Waals surface area contributed by atoms with Crippen molar-refractivity contribution < 1.29 is 13.5 Å². The molecule has 0 rings (SSSR count). The Bertz CT molecular complexity index is 101. The van der Waals surface area contributed by atoms with Gasteiger partial charge in [0.1, 0.15) is 0 Å². The van der Waals surface area contributed by atoms with Gasteiger partial charge < -0.3 is 10.1 Å². The molecule has 0 aliphatic carbocycles. The maximum Gasteiger partial charge on any atom is 0.250 e. The lowest BCUT2D eigenvalue weighted by Gasteiger charge is -2.10. The Balaban J connectivity index is 3.08. The lowest BCUT2D eigenvalue weighted by molar-refractivity contribution is 0.139. The minimum absolute atomic E-state index is 0.209. The number of hydrogen-bond donors (Lipinski definition) is 1. The second-order valence-electron chi connectivity index (χ2n) is 2.94. The first-order chi connectivity index (χ1) is 5.66. The number of ether oxygens (including phenoxy) is 1. The highest BCUT2D eigenvalue weighted by Gasteiger charge is 2.03. The van der Waals surface area contributed by atoms with Crippen LogP contribution in [0.25, 0.3) is 0 Å². The topological polar surface area (TPSA) is 21.3 Å². The molecule has 1 atom stereocenters. The molecule has 0 aromatic rings. The van der Waals surface area contributed by atoms with Crippen LogP contribution in [0.3, 0.4) is 0 Å². The maximum atomic E-state index is 11.6. The van der Waals surface area contributed by atoms with Crippen LogP contribution in [0.5, 0.6) is 0 Å². The molecule has 0 heterocycles. The largest absolute Gasteiger partial charge is 0.384 e. The molecule has 1 unspecified atom stereocenters. The van der Waals surface area contributed by atoms with Crippen LogP contribution >= 0.6 is 0 Å². The van der Waals surface area contributed by atoms with Gasteiger partial charge in [0.05, 0.1) is 6.54 Å². The van der Waals surface area contributed by atoms with Gasteiger partial charge in [-0.15, -0.1) is 0 Å². The van der Waals surface area contributed by atoms with Gasteiger partial charge in [0.25, 0.3) is 6.43 Å². The molecule has 0 radical (unpaired) electrons. The fourth-order valence-corrected chi connectivity index (χ4v) is 0.927. The second-order valence-corrected chi connectivity index (χ2v) is 2.94. The van der Waals surface area contributed by atoms with Gasteiger partial charge in [-0.25, -0.2) is 8.78 Å². The number of hydrogen-bond acceptors (Lipinski definition) is 2. The van der Waals surface area contributed by atoms with E-state index in [-0.39, 0.29) is 6.54 Å². The molecule has 0 amide bonds. The van der Waals surface area contributed by atoms with Gasteiger partial charge in [0.15, 0.2) is 0 Å². The average Bonchev–Trinajstić information content (AvgIpc) is 1.98. The lowest BCUT2D eigenvalue weighted by atomic mass is 10.1. The Kier molecular flexibility index (Phi) is 7.29. The second kappa shape index (κ2) is 7.43. The van der Waals surface area contributed by atoms with Gasteiger partial charge in [-0.3, -0.25) is 0 Å². The summed E-state index contributed by atoms with van der Waals surface area (Å²) in [5.41, 5.74) is 0. The quantitative estimate of drug-likeness (QED) is 0.601. The zero-order valence-electron chi connectivity index (χ0n) is 7.65. The Morgan fingerprint density at radius 1 is 1.42 bits per heavy atom. The molecule has 0 spiro atoms. The van der Waals surface area contributed by atoms with Crippen molar-refractivity contribution in [1.82, 2.24) is 5.32 Å². The summed E-state index contributed by atoms with van der Waals surface area (Å²) < 4.78 is 28.1. The summed E-state index contributed by atoms with van der Waals surface area (Å²) in [4.78, 5) is 0. The first-order valence-corrected chi connectivity index (χ1v) is 4.14. The molecule has 12 heavy (non-hydrogen) atoms. The van der Waals surface area contributed by atoms with Gasteiger partial charge in [-0.1, -0.05) is 6.92 Å². The number of nitrogens with one attached hydrogen (secondary N) is 1. The number of alkyl halides is 2. The summed E-state index contributed by atoms with van der Waals surface area (Å²) in [6.45, 7) is 3.15. The van der Waals surface area contributed by atoms with E-state index in [4.69, 9.17) is 4.74 Å². The fourth-order valence-electron chi connectivity index (χ4n) is 0.927. The van der Waals surface area contributed by atoms with Gasteiger partial charge in [0, 0.05) is 13.7 Å². The third-order valence-electron chi connectivity index (χ3n) is 1.56. The average molecular weight is 181 g/mol. The van der Waals surface area contributed by atoms with Crippen LogP contribution in [0, 0.1) is 5.92 Å². The van der Waals surface area contributed by atoms with E-state index in [9.17, 15) is 8.78 Å². The summed E-state index contributed by atoms with van der Waals surface area (Å²) in [6, 6.07) is 0. The van der Waals surface area contributed by atoms with Crippen molar-refractivity contribution in [2.24, 2.45) is 5.92 Å². The van der Waals surface area contributed by atoms with Crippen LogP contribution in [-0.2, 0) is 4.74 Å². The van der Waals surface area contributed by atoms with E-state index in [1.54, 1.807) is 7.11 Å². The number of rotatable bonds is 7. The summed E-state index contributed by atoms with van der Waals surface area (Å²) in [5.74, 6) is 0.431. The molecule has 0 fully saturated rings. The lowest BCUT2D eigenvalue weighted by Crippen LogP contribution is -2.24. The molecule has 0 aromatic carbocycles. The molecule has 1 N–H and O–H groups in total. The van der Waals surface area contributed by atoms with Crippen molar-refractivity contribution in [3.63, 3.8) is 0 Å². The van der Waals surface area contributed by atoms with Crippen molar-refractivity contribution >= 4 is 0 Å². The van der Waals surface area contributed by atoms with Crippen LogP contribution in [0.2, 0.25) is 0 Å². The van der Waals surface area contributed by atoms with Crippen molar-refractivity contribution in [1.29, 1.82) is 0 Å². The van der Waals surface area contributed by atoms with E-state index in [2.05, 4.69) is 5.32 Å². The van der Waals surface area contributed by atoms with Gasteiger partial charge >= 0.3 is 0 Å². The third-order valence-corrected chi connectivity index (χ3v) is 1.56. The van der Waals surface area contributed by atoms with Crippen LogP contribution < -0.4 is 5.32 Å². The zero-order chi connectivity index (χ0) is 9.40. The molecule has 2 nitrogen and oxygen atoms in total. The van der Waals surface area contributed by atoms with E-state index in [1.807, 2.05) is 6.92 Å². The first kappa shape index (κ1) is 11.8. The Labute approximate surface area is 72.3 Å². The Morgan fingerprint density at radius 2 is 2.08 bits per heavy atom. The normalized spacial score (nSPS) is 13.8. The van der Waals surface area contributed by atoms with E-state index in [0.29, 0.717) is 19.1 Å². The van der Waals surface area contributed by atoms with E-state index in [0.717, 1.165) is 6.42 Å². The molecular weight excluding hydrogens is 164 g/mol. The smallest absolute Gasteiger partial charge is 0.250 e. The Hall–Kier alpha value is -0.220. The predicted molar refractivity (Wildman–Crippen MR) is 44.5 cm³/mol. The standard InChI is InChI=1S/C8H17F2NO/c1-7(6-12-2)3-4-11-5-8(9)10/h7-8,11H,3-6H2,1-2H3. The van der Waals surface area contributed by atoms with Crippen molar-refractivity contribution in [3.05, 3.63) is 0 Å². The molecule has 0 saturated heterocycles. The minimum atomic E-state index is -2.25. The molecule has 4 heteroatoms. The molecular formula is C8H17F2NO. The minimum Gasteiger partial charge on any atom is -0.384 e. The summed E-state index contributed by atoms with van der Waals surface area (Å²) in [7, 11) is 1.64. The molecule has 0 bridgehead atoms. The first-order valence-electron chi connectivity index (χ1n) is 4.14. The highest BCUT2D eigenvalue weighted by Crippen LogP contribution is 2.00. The monoisotopic (exact) mass is 181 g/mol. The van der Waals surface area contributed by atoms with E-state index >= 15 is 0 Å². The van der Waals surface area contributed by atoms with Gasteiger partial charge in [0.2, 0.25) is 0 Å². The molecule has 74 valence electrons. The number of halogens is 2. The molecule has 0 aliphatic rings. The van der Waals surface area contributed by atoms with Crippen molar-refractivity contribution in [2.75, 3.05) is 26.8 Å². The maximum absolute atomic E-state index is 11.6. The van der Waals surface area contributed by atoms with Crippen LogP contribution in [0.1, 0.15) is 13.3 Å². The predicted octanol–water partition coefficient (Wildman–Crippen LogP) is 1.51. The highest BCUT2D eigenvalue weighted by atomic mass is 19.3. The van der Waals surface area contributed by atoms with Crippen LogP contribution in [-0.4, -0.2) is 33.2 Å². The summed E-state index contributed by atoms with van der Waals surface area (Å²) >= 11 is 0. The third kappa shape index (κ3) is 7.88. The highest BCUT2D eigenvalue weighted by molar-refractivity contribution is 4.55. The van der Waals surface area contributed by atoms with E-state index < -0.39 is 6.43 Å². The number of methoxy groups -OCH3 is 1. The van der Waals surface area contributed by atoms with Crippen molar-refractivity contribution in [3.8, 4) is 0 Å². The molecule has 0 aromatic heterocycles.